The molecule has 3 fully saturated rings. The monoisotopic (exact) mass is 294 g/mol. The lowest BCUT2D eigenvalue weighted by molar-refractivity contribution is -0.143. The number of nitrogens with zero attached hydrogens (tertiary/aromatic N) is 1. The molecular formula is C17H30N2O2. The molecule has 0 unspecified atom stereocenters. The van der Waals surface area contributed by atoms with E-state index >= 15 is 0 Å². The molecule has 0 bridgehead atoms. The maximum absolute atomic E-state index is 11.5. The molecule has 0 aromatic rings. The Morgan fingerprint density at radius 1 is 1.29 bits per heavy atom. The number of carbonyl (C=O) groups is 1. The molecule has 3 aliphatic rings. The summed E-state index contributed by atoms with van der Waals surface area (Å²) in [5.74, 6) is 1.64. The van der Waals surface area contributed by atoms with Gasteiger partial charge >= 0.3 is 5.97 Å². The number of hydrogen-bond acceptors (Lipinski definition) is 4. The molecule has 0 spiro atoms. The summed E-state index contributed by atoms with van der Waals surface area (Å²) in [6.45, 7) is 6.18. The average molecular weight is 294 g/mol. The highest BCUT2D eigenvalue weighted by molar-refractivity contribution is 5.69. The molecule has 0 aliphatic carbocycles. The van der Waals surface area contributed by atoms with Crippen LogP contribution in [-0.2, 0) is 9.53 Å². The first-order valence-electron chi connectivity index (χ1n) is 8.92. The Hall–Kier alpha value is -0.610. The third-order valence-electron chi connectivity index (χ3n) is 5.71. The van der Waals surface area contributed by atoms with Crippen LogP contribution in [0.1, 0.15) is 51.9 Å². The number of nitrogens with one attached hydrogen (secondary N) is 1. The van der Waals surface area contributed by atoms with Gasteiger partial charge in [0.2, 0.25) is 0 Å². The minimum atomic E-state index is -0.0332. The Morgan fingerprint density at radius 3 is 2.90 bits per heavy atom. The molecule has 3 rings (SSSR count). The Morgan fingerprint density at radius 2 is 2.10 bits per heavy atom. The molecule has 0 aromatic carbocycles. The van der Waals surface area contributed by atoms with Gasteiger partial charge < -0.3 is 10.1 Å². The molecular weight excluding hydrogens is 264 g/mol. The molecule has 4 atom stereocenters. The number of carbonyl (C=O) groups excluding carboxylic acids is 1. The van der Waals surface area contributed by atoms with Crippen molar-refractivity contribution in [1.82, 2.24) is 10.2 Å². The van der Waals surface area contributed by atoms with E-state index in [1.807, 2.05) is 6.92 Å². The molecule has 4 nitrogen and oxygen atoms in total. The zero-order chi connectivity index (χ0) is 14.7. The minimum Gasteiger partial charge on any atom is -0.466 e. The SMILES string of the molecule is CCOC(=O)CCC[C@@H]1NC[C@H]2CCCN3CCC[C@H]1[C@@H]23. The molecule has 0 aromatic heterocycles. The van der Waals surface area contributed by atoms with Crippen LogP contribution in [0.25, 0.3) is 0 Å². The van der Waals surface area contributed by atoms with Crippen molar-refractivity contribution in [3.8, 4) is 0 Å². The second-order valence-electron chi connectivity index (χ2n) is 6.95. The van der Waals surface area contributed by atoms with Crippen LogP contribution in [0, 0.1) is 11.8 Å². The van der Waals surface area contributed by atoms with Gasteiger partial charge in [0.05, 0.1) is 6.61 Å². The van der Waals surface area contributed by atoms with Crippen molar-refractivity contribution in [2.75, 3.05) is 26.2 Å². The first-order chi connectivity index (χ1) is 10.3. The van der Waals surface area contributed by atoms with E-state index in [2.05, 4.69) is 10.2 Å². The van der Waals surface area contributed by atoms with Gasteiger partial charge in [-0.3, -0.25) is 9.69 Å². The minimum absolute atomic E-state index is 0.0332. The molecule has 3 aliphatic heterocycles. The van der Waals surface area contributed by atoms with E-state index in [4.69, 9.17) is 4.74 Å². The lowest BCUT2D eigenvalue weighted by Gasteiger charge is -2.54. The predicted molar refractivity (Wildman–Crippen MR) is 83.1 cm³/mol. The van der Waals surface area contributed by atoms with E-state index in [0.717, 1.165) is 30.7 Å². The van der Waals surface area contributed by atoms with Gasteiger partial charge in [-0.25, -0.2) is 0 Å². The molecule has 3 saturated heterocycles. The summed E-state index contributed by atoms with van der Waals surface area (Å²) in [4.78, 5) is 14.2. The molecule has 0 radical (unpaired) electrons. The lowest BCUT2D eigenvalue weighted by atomic mass is 9.70. The maximum atomic E-state index is 11.5. The summed E-state index contributed by atoms with van der Waals surface area (Å²) in [6.07, 6.45) is 8.17. The normalized spacial score (nSPS) is 36.0. The average Bonchev–Trinajstić information content (AvgIpc) is 2.50. The van der Waals surface area contributed by atoms with Gasteiger partial charge in [0.1, 0.15) is 0 Å². The van der Waals surface area contributed by atoms with Crippen molar-refractivity contribution >= 4 is 5.97 Å². The molecule has 120 valence electrons. The third kappa shape index (κ3) is 3.42. The Kier molecular flexibility index (Phi) is 5.17. The van der Waals surface area contributed by atoms with E-state index in [1.165, 1.54) is 45.3 Å². The lowest BCUT2D eigenvalue weighted by Crippen LogP contribution is -2.63. The number of piperidine rings is 3. The second-order valence-corrected chi connectivity index (χ2v) is 6.95. The van der Waals surface area contributed by atoms with Gasteiger partial charge in [0.25, 0.3) is 0 Å². The van der Waals surface area contributed by atoms with E-state index in [-0.39, 0.29) is 5.97 Å². The van der Waals surface area contributed by atoms with Crippen molar-refractivity contribution < 1.29 is 9.53 Å². The van der Waals surface area contributed by atoms with Gasteiger partial charge in [-0.15, -0.1) is 0 Å². The smallest absolute Gasteiger partial charge is 0.305 e. The number of rotatable bonds is 5. The fraction of sp³-hybridized carbons (Fsp3) is 0.941. The Labute approximate surface area is 128 Å². The van der Waals surface area contributed by atoms with Crippen molar-refractivity contribution in [2.45, 2.75) is 64.0 Å². The fourth-order valence-electron chi connectivity index (χ4n) is 4.89. The summed E-state index contributed by atoms with van der Waals surface area (Å²) in [5, 5.41) is 3.80. The van der Waals surface area contributed by atoms with E-state index in [9.17, 15) is 4.79 Å². The Balaban J connectivity index is 1.53. The number of hydrogen-bond donors (Lipinski definition) is 1. The fourth-order valence-corrected chi connectivity index (χ4v) is 4.89. The summed E-state index contributed by atoms with van der Waals surface area (Å²) in [5.41, 5.74) is 0. The second kappa shape index (κ2) is 7.10. The zero-order valence-electron chi connectivity index (χ0n) is 13.4. The van der Waals surface area contributed by atoms with Crippen molar-refractivity contribution in [1.29, 1.82) is 0 Å². The zero-order valence-corrected chi connectivity index (χ0v) is 13.4. The summed E-state index contributed by atoms with van der Waals surface area (Å²) in [6, 6.07) is 1.43. The van der Waals surface area contributed by atoms with Gasteiger partial charge in [0.15, 0.2) is 0 Å². The number of ether oxygens (including phenoxy) is 1. The largest absolute Gasteiger partial charge is 0.466 e. The van der Waals surface area contributed by atoms with Crippen LogP contribution in [0.5, 0.6) is 0 Å². The third-order valence-corrected chi connectivity index (χ3v) is 5.71. The highest BCUT2D eigenvalue weighted by Gasteiger charge is 2.45. The van der Waals surface area contributed by atoms with Crippen LogP contribution in [0.2, 0.25) is 0 Å². The van der Waals surface area contributed by atoms with Gasteiger partial charge in [-0.05, 0) is 76.9 Å². The van der Waals surface area contributed by atoms with E-state index < -0.39 is 0 Å². The predicted octanol–water partition coefficient (Wildman–Crippen LogP) is 2.18. The Bertz CT molecular complexity index is 352. The quantitative estimate of drug-likeness (QED) is 0.789. The van der Waals surface area contributed by atoms with Crippen LogP contribution >= 0.6 is 0 Å². The summed E-state index contributed by atoms with van der Waals surface area (Å²) >= 11 is 0. The van der Waals surface area contributed by atoms with Crippen molar-refractivity contribution in [2.24, 2.45) is 11.8 Å². The molecule has 1 N–H and O–H groups in total. The van der Waals surface area contributed by atoms with Crippen LogP contribution in [-0.4, -0.2) is 49.2 Å². The van der Waals surface area contributed by atoms with E-state index in [1.54, 1.807) is 0 Å². The summed E-state index contributed by atoms with van der Waals surface area (Å²) in [7, 11) is 0. The number of esters is 1. The van der Waals surface area contributed by atoms with Crippen LogP contribution in [0.3, 0.4) is 0 Å². The highest BCUT2D eigenvalue weighted by Crippen LogP contribution is 2.39. The van der Waals surface area contributed by atoms with E-state index in [0.29, 0.717) is 19.1 Å². The van der Waals surface area contributed by atoms with Crippen LogP contribution < -0.4 is 5.32 Å². The first kappa shape index (κ1) is 15.3. The molecule has 4 heteroatoms. The highest BCUT2D eigenvalue weighted by atomic mass is 16.5. The standard InChI is InChI=1S/C17H30N2O2/c1-2-21-16(20)9-3-8-15-14-7-5-11-19-10-4-6-13(12-18-15)17(14)19/h13-15,17-18H,2-12H2,1H3/t13-,14-,15+,17-/m1/s1. The van der Waals surface area contributed by atoms with Crippen molar-refractivity contribution in [3.05, 3.63) is 0 Å². The molecule has 3 heterocycles. The molecule has 0 amide bonds. The summed E-state index contributed by atoms with van der Waals surface area (Å²) < 4.78 is 5.03. The van der Waals surface area contributed by atoms with Gasteiger partial charge in [-0.1, -0.05) is 0 Å². The van der Waals surface area contributed by atoms with Gasteiger partial charge in [0, 0.05) is 18.5 Å². The van der Waals surface area contributed by atoms with Crippen molar-refractivity contribution in [3.63, 3.8) is 0 Å². The topological polar surface area (TPSA) is 41.6 Å². The molecule has 0 saturated carbocycles. The first-order valence-corrected chi connectivity index (χ1v) is 8.92. The molecule has 21 heavy (non-hydrogen) atoms. The van der Waals surface area contributed by atoms with Crippen LogP contribution in [0.4, 0.5) is 0 Å². The maximum Gasteiger partial charge on any atom is 0.305 e. The van der Waals surface area contributed by atoms with Crippen LogP contribution in [0.15, 0.2) is 0 Å². The van der Waals surface area contributed by atoms with Gasteiger partial charge in [-0.2, -0.15) is 0 Å².